The van der Waals surface area contributed by atoms with Crippen molar-refractivity contribution in [1.29, 1.82) is 0 Å². The van der Waals surface area contributed by atoms with Gasteiger partial charge in [-0.15, -0.1) is 0 Å². The van der Waals surface area contributed by atoms with Gasteiger partial charge in [-0.2, -0.15) is 4.98 Å². The number of halogens is 1. The van der Waals surface area contributed by atoms with Crippen molar-refractivity contribution in [3.8, 4) is 11.4 Å². The fraction of sp³-hybridized carbons (Fsp3) is 0.385. The van der Waals surface area contributed by atoms with Crippen molar-refractivity contribution in [1.82, 2.24) is 10.1 Å². The van der Waals surface area contributed by atoms with E-state index in [9.17, 15) is 0 Å². The zero-order chi connectivity index (χ0) is 12.8. The molecule has 0 bridgehead atoms. The summed E-state index contributed by atoms with van der Waals surface area (Å²) < 4.78 is 10.6. The molecule has 1 aromatic carbocycles. The van der Waals surface area contributed by atoms with Crippen LogP contribution in [0.4, 0.5) is 0 Å². The first-order chi connectivity index (χ1) is 8.75. The summed E-state index contributed by atoms with van der Waals surface area (Å²) in [6.45, 7) is 2.01. The lowest BCUT2D eigenvalue weighted by Crippen LogP contribution is -3.06. The molecule has 0 aliphatic heterocycles. The molecule has 0 spiro atoms. The Morgan fingerprint density at radius 1 is 1.14 bits per heavy atom. The molecule has 120 valence electrons. The van der Waals surface area contributed by atoms with Crippen molar-refractivity contribution in [2.75, 3.05) is 27.2 Å². The summed E-state index contributed by atoms with van der Waals surface area (Å²) in [5.41, 5.74) is 0.949. The van der Waals surface area contributed by atoms with Gasteiger partial charge in [0, 0.05) is 5.56 Å². The van der Waals surface area contributed by atoms with E-state index in [-0.39, 0.29) is 23.4 Å². The van der Waals surface area contributed by atoms with Crippen LogP contribution in [0.1, 0.15) is 5.89 Å². The highest BCUT2D eigenvalue weighted by Gasteiger charge is 2.08. The number of nitrogens with one attached hydrogen (secondary N) is 1. The van der Waals surface area contributed by atoms with Crippen LogP contribution in [0.5, 0.6) is 0 Å². The fourth-order valence-corrected chi connectivity index (χ4v) is 1.45. The maximum atomic E-state index is 5.46. The molecule has 0 radical (unpaired) electrons. The zero-order valence-corrected chi connectivity index (χ0v) is 12.9. The number of benzene rings is 1. The standard InChI is InChI=1S/C13H17N3O2.ClH.2H2O/c1-16(2)8-9-17-10-12-14-13(15-18-12)11-6-4-3-5-7-11;;;/h3-7H,8-10H2,1-2H3;1H;2*1H2. The number of aromatic nitrogens is 2. The molecule has 2 rings (SSSR count). The van der Waals surface area contributed by atoms with Crippen molar-refractivity contribution in [2.45, 2.75) is 6.61 Å². The van der Waals surface area contributed by atoms with Gasteiger partial charge in [-0.25, -0.2) is 0 Å². The molecule has 1 heterocycles. The molecule has 5 N–H and O–H groups in total. The number of nitrogens with zero attached hydrogens (tertiary/aromatic N) is 2. The van der Waals surface area contributed by atoms with E-state index in [1.807, 2.05) is 30.3 Å². The highest BCUT2D eigenvalue weighted by Crippen LogP contribution is 2.14. The summed E-state index contributed by atoms with van der Waals surface area (Å²) in [6, 6.07) is 9.75. The van der Waals surface area contributed by atoms with Gasteiger partial charge in [0.1, 0.15) is 13.2 Å². The van der Waals surface area contributed by atoms with E-state index >= 15 is 0 Å². The van der Waals surface area contributed by atoms with Crippen molar-refractivity contribution in [2.24, 2.45) is 0 Å². The first kappa shape index (κ1) is 21.8. The highest BCUT2D eigenvalue weighted by atomic mass is 35.5. The largest absolute Gasteiger partial charge is 1.00 e. The average molecular weight is 320 g/mol. The second-order valence-corrected chi connectivity index (χ2v) is 4.39. The van der Waals surface area contributed by atoms with Gasteiger partial charge in [-0.1, -0.05) is 35.5 Å². The Bertz CT molecular complexity index is 479. The lowest BCUT2D eigenvalue weighted by molar-refractivity contribution is -0.858. The van der Waals surface area contributed by atoms with E-state index in [0.29, 0.717) is 24.9 Å². The molecule has 21 heavy (non-hydrogen) atoms. The summed E-state index contributed by atoms with van der Waals surface area (Å²) in [4.78, 5) is 5.64. The Balaban J connectivity index is 0. The molecule has 8 heteroatoms. The number of ether oxygens (including phenoxy) is 1. The van der Waals surface area contributed by atoms with E-state index in [1.54, 1.807) is 0 Å². The first-order valence-corrected chi connectivity index (χ1v) is 6.00. The van der Waals surface area contributed by atoms with Gasteiger partial charge >= 0.3 is 0 Å². The molecule has 0 unspecified atom stereocenters. The van der Waals surface area contributed by atoms with Gasteiger partial charge in [0.05, 0.1) is 20.7 Å². The van der Waals surface area contributed by atoms with E-state index < -0.39 is 0 Å². The molecule has 0 saturated heterocycles. The van der Waals surface area contributed by atoms with Crippen molar-refractivity contribution in [3.05, 3.63) is 36.2 Å². The maximum Gasteiger partial charge on any atom is 0.252 e. The second-order valence-electron chi connectivity index (χ2n) is 4.39. The summed E-state index contributed by atoms with van der Waals surface area (Å²) >= 11 is 0. The summed E-state index contributed by atoms with van der Waals surface area (Å²) in [7, 11) is 4.17. The van der Waals surface area contributed by atoms with Gasteiger partial charge in [0.25, 0.3) is 5.89 Å². The van der Waals surface area contributed by atoms with Gasteiger partial charge in [0.2, 0.25) is 5.82 Å². The minimum absolute atomic E-state index is 0. The Morgan fingerprint density at radius 3 is 2.43 bits per heavy atom. The van der Waals surface area contributed by atoms with Crippen LogP contribution in [0.15, 0.2) is 34.9 Å². The molecule has 0 atom stereocenters. The predicted molar refractivity (Wildman–Crippen MR) is 74.3 cm³/mol. The number of rotatable bonds is 6. The second kappa shape index (κ2) is 11.2. The molecule has 0 amide bonds. The Morgan fingerprint density at radius 2 is 1.81 bits per heavy atom. The third-order valence-electron chi connectivity index (χ3n) is 2.47. The van der Waals surface area contributed by atoms with E-state index in [0.717, 1.165) is 12.1 Å². The lowest BCUT2D eigenvalue weighted by atomic mass is 10.2. The smallest absolute Gasteiger partial charge is 0.252 e. The average Bonchev–Trinajstić information content (AvgIpc) is 2.84. The van der Waals surface area contributed by atoms with Gasteiger partial charge in [-0.05, 0) is 0 Å². The van der Waals surface area contributed by atoms with Gasteiger partial charge in [-0.3, -0.25) is 0 Å². The van der Waals surface area contributed by atoms with E-state index in [4.69, 9.17) is 9.26 Å². The fourth-order valence-electron chi connectivity index (χ4n) is 1.45. The molecular formula is C13H22ClN3O4. The zero-order valence-electron chi connectivity index (χ0n) is 12.1. The first-order valence-electron chi connectivity index (χ1n) is 6.00. The van der Waals surface area contributed by atoms with E-state index in [2.05, 4.69) is 24.2 Å². The lowest BCUT2D eigenvalue weighted by Gasteiger charge is -2.05. The number of likely N-dealkylation sites (N-methyl/N-ethyl adjacent to an activating group) is 1. The topological polar surface area (TPSA) is 116 Å². The molecule has 7 nitrogen and oxygen atoms in total. The molecular weight excluding hydrogens is 298 g/mol. The van der Waals surface area contributed by atoms with Crippen LogP contribution in [0.2, 0.25) is 0 Å². The molecule has 0 aliphatic carbocycles. The van der Waals surface area contributed by atoms with Crippen LogP contribution >= 0.6 is 0 Å². The van der Waals surface area contributed by atoms with E-state index in [1.165, 1.54) is 4.90 Å². The van der Waals surface area contributed by atoms with Crippen molar-refractivity contribution < 1.29 is 37.5 Å². The summed E-state index contributed by atoms with van der Waals surface area (Å²) in [6.07, 6.45) is 0. The highest BCUT2D eigenvalue weighted by molar-refractivity contribution is 5.53. The third-order valence-corrected chi connectivity index (χ3v) is 2.47. The van der Waals surface area contributed by atoms with Crippen LogP contribution in [0.3, 0.4) is 0 Å². The minimum Gasteiger partial charge on any atom is -1.00 e. The molecule has 0 aliphatic rings. The number of hydrogen-bond donors (Lipinski definition) is 1. The monoisotopic (exact) mass is 319 g/mol. The number of hydrogen-bond acceptors (Lipinski definition) is 4. The van der Waals surface area contributed by atoms with Crippen LogP contribution in [-0.2, 0) is 11.3 Å². The Kier molecular flexibility index (Phi) is 11.6. The maximum absolute atomic E-state index is 5.46. The molecule has 0 saturated carbocycles. The quantitative estimate of drug-likeness (QED) is 0.543. The summed E-state index contributed by atoms with van der Waals surface area (Å²) in [5.74, 6) is 1.12. The molecule has 0 fully saturated rings. The van der Waals surface area contributed by atoms with Crippen LogP contribution in [-0.4, -0.2) is 48.3 Å². The van der Waals surface area contributed by atoms with Crippen LogP contribution < -0.4 is 17.3 Å². The van der Waals surface area contributed by atoms with Crippen molar-refractivity contribution >= 4 is 0 Å². The molecule has 2 aromatic rings. The normalized spacial score (nSPS) is 9.48. The van der Waals surface area contributed by atoms with Gasteiger partial charge < -0.3 is 37.5 Å². The number of quaternary nitrogens is 1. The Labute approximate surface area is 129 Å². The van der Waals surface area contributed by atoms with Gasteiger partial charge in [0.15, 0.2) is 0 Å². The SMILES string of the molecule is C[NH+](C)CCOCc1nc(-c2ccccc2)no1.O.O.[Cl-]. The van der Waals surface area contributed by atoms with Crippen molar-refractivity contribution in [3.63, 3.8) is 0 Å². The Hall–Kier alpha value is -1.51. The van der Waals surface area contributed by atoms with Crippen LogP contribution in [0, 0.1) is 0 Å². The molecule has 1 aromatic heterocycles. The van der Waals surface area contributed by atoms with Crippen LogP contribution in [0.25, 0.3) is 11.4 Å². The minimum atomic E-state index is 0. The summed E-state index contributed by atoms with van der Waals surface area (Å²) in [5, 5.41) is 3.93. The third kappa shape index (κ3) is 7.16. The predicted octanol–water partition coefficient (Wildman–Crippen LogP) is -4.25.